The number of likely N-dealkylation sites (N-methyl/N-ethyl adjacent to an activating group) is 1. The number of nitrogens with zero attached hydrogens (tertiary/aromatic N) is 1. The van der Waals surface area contributed by atoms with Crippen molar-refractivity contribution in [2.75, 3.05) is 13.7 Å². The Morgan fingerprint density at radius 2 is 1.29 bits per heavy atom. The first-order valence-electron chi connectivity index (χ1n) is 12.1. The number of benzene rings is 3. The summed E-state index contributed by atoms with van der Waals surface area (Å²) in [5.41, 5.74) is 1.84. The van der Waals surface area contributed by atoms with Crippen molar-refractivity contribution in [1.29, 1.82) is 0 Å². The first kappa shape index (κ1) is 24.1. The van der Waals surface area contributed by atoms with Crippen LogP contribution in [0, 0.1) is 0 Å². The number of aliphatic hydroxyl groups is 1. The summed E-state index contributed by atoms with van der Waals surface area (Å²) in [7, 11) is 1.79. The molecule has 0 unspecified atom stereocenters. The van der Waals surface area contributed by atoms with Crippen molar-refractivity contribution in [1.82, 2.24) is 5.06 Å². The normalized spacial score (nSPS) is 28.5. The van der Waals surface area contributed by atoms with Crippen LogP contribution in [0.4, 0.5) is 0 Å². The molecule has 2 saturated heterocycles. The highest BCUT2D eigenvalue weighted by Crippen LogP contribution is 2.45. The average Bonchev–Trinajstić information content (AvgIpc) is 3.22. The van der Waals surface area contributed by atoms with Crippen LogP contribution in [0.5, 0.6) is 0 Å². The molecule has 0 radical (unpaired) electrons. The highest BCUT2D eigenvalue weighted by molar-refractivity contribution is 5.47. The van der Waals surface area contributed by atoms with Crippen molar-refractivity contribution >= 4 is 0 Å². The number of hydroxylamine groups is 2. The zero-order valence-corrected chi connectivity index (χ0v) is 20.6. The number of hydrogen-bond acceptors (Lipinski definition) is 6. The second kappa shape index (κ2) is 9.13. The monoisotopic (exact) mass is 475 g/mol. The molecule has 0 saturated carbocycles. The van der Waals surface area contributed by atoms with E-state index in [4.69, 9.17) is 19.0 Å². The van der Waals surface area contributed by atoms with Crippen LogP contribution in [-0.2, 0) is 24.6 Å². The molecule has 4 atom stereocenters. The van der Waals surface area contributed by atoms with Crippen LogP contribution < -0.4 is 0 Å². The smallest absolute Gasteiger partial charge is 0.238 e. The van der Waals surface area contributed by atoms with Gasteiger partial charge in [-0.2, -0.15) is 5.06 Å². The lowest BCUT2D eigenvalue weighted by Crippen LogP contribution is -2.65. The fraction of sp³-hybridized carbons (Fsp3) is 0.379. The largest absolute Gasteiger partial charge is 0.360 e. The summed E-state index contributed by atoms with van der Waals surface area (Å²) in [4.78, 5) is 6.06. The molecule has 6 heteroatoms. The molecule has 0 spiro atoms. The minimum absolute atomic E-state index is 0.107. The van der Waals surface area contributed by atoms with E-state index in [0.717, 1.165) is 16.7 Å². The summed E-state index contributed by atoms with van der Waals surface area (Å²) in [6.07, 6.45) is -1.10. The number of rotatable bonds is 6. The number of hydrogen-bond donors (Lipinski definition) is 1. The third kappa shape index (κ3) is 4.31. The molecule has 0 aliphatic carbocycles. The van der Waals surface area contributed by atoms with E-state index in [9.17, 15) is 5.11 Å². The van der Waals surface area contributed by atoms with Crippen molar-refractivity contribution in [2.45, 2.75) is 56.2 Å². The van der Waals surface area contributed by atoms with Gasteiger partial charge in [-0.05, 0) is 37.5 Å². The first-order valence-corrected chi connectivity index (χ1v) is 12.1. The minimum atomic E-state index is -1.76. The van der Waals surface area contributed by atoms with Crippen LogP contribution in [0.3, 0.4) is 0 Å². The highest BCUT2D eigenvalue weighted by Gasteiger charge is 2.60. The predicted octanol–water partition coefficient (Wildman–Crippen LogP) is 4.47. The van der Waals surface area contributed by atoms with Crippen molar-refractivity contribution in [2.24, 2.45) is 0 Å². The van der Waals surface area contributed by atoms with Gasteiger partial charge in [-0.3, -0.25) is 4.84 Å². The molecule has 2 aliphatic heterocycles. The Hall–Kier alpha value is -2.58. The Bertz CT molecular complexity index is 1030. The molecule has 0 aromatic heterocycles. The van der Waals surface area contributed by atoms with Gasteiger partial charge in [0, 0.05) is 7.05 Å². The topological polar surface area (TPSA) is 60.4 Å². The fourth-order valence-electron chi connectivity index (χ4n) is 5.17. The van der Waals surface area contributed by atoms with Crippen LogP contribution in [0.25, 0.3) is 0 Å². The minimum Gasteiger partial charge on any atom is -0.360 e. The van der Waals surface area contributed by atoms with Crippen LogP contribution >= 0.6 is 0 Å². The Morgan fingerprint density at radius 1 is 0.829 bits per heavy atom. The lowest BCUT2D eigenvalue weighted by atomic mass is 9.80. The maximum atomic E-state index is 11.9. The van der Waals surface area contributed by atoms with E-state index in [-0.39, 0.29) is 18.8 Å². The zero-order chi connectivity index (χ0) is 24.7. The molecule has 184 valence electrons. The molecule has 1 N–H and O–H groups in total. The van der Waals surface area contributed by atoms with Gasteiger partial charge in [-0.25, -0.2) is 0 Å². The van der Waals surface area contributed by atoms with Gasteiger partial charge in [-0.15, -0.1) is 0 Å². The van der Waals surface area contributed by atoms with Crippen molar-refractivity contribution in [3.8, 4) is 0 Å². The standard InChI is InChI=1S/C29H33NO5/c1-21-25-26(34-27(2,3)33-25)28(31,35-30(21)4)20-32-29(22-14-8-5-9-15-22,23-16-10-6-11-17-23)24-18-12-7-13-19-24/h5-19,21,25-26,31H,20H2,1-4H3/t21-,25-,26-,28-/m0/s1. The Kier molecular flexibility index (Phi) is 6.30. The van der Waals surface area contributed by atoms with Crippen LogP contribution in [0.1, 0.15) is 37.5 Å². The van der Waals surface area contributed by atoms with E-state index in [2.05, 4.69) is 0 Å². The summed E-state index contributed by atoms with van der Waals surface area (Å²) >= 11 is 0. The quantitative estimate of drug-likeness (QED) is 0.531. The Morgan fingerprint density at radius 3 is 1.74 bits per heavy atom. The molecule has 5 rings (SSSR count). The summed E-state index contributed by atoms with van der Waals surface area (Å²) in [5, 5.41) is 13.5. The molecule has 35 heavy (non-hydrogen) atoms. The van der Waals surface area contributed by atoms with Gasteiger partial charge in [0.2, 0.25) is 5.79 Å². The summed E-state index contributed by atoms with van der Waals surface area (Å²) in [5.74, 6) is -2.61. The Labute approximate surface area is 207 Å². The SMILES string of the molecule is C[C@H]1[C@@H]2OC(C)(C)O[C@@H]2[C@](O)(COC(c2ccccc2)(c2ccccc2)c2ccccc2)ON1C. The molecule has 0 amide bonds. The molecule has 6 nitrogen and oxygen atoms in total. The van der Waals surface area contributed by atoms with E-state index in [1.807, 2.05) is 112 Å². The predicted molar refractivity (Wildman–Crippen MR) is 132 cm³/mol. The van der Waals surface area contributed by atoms with Crippen LogP contribution in [0.15, 0.2) is 91.0 Å². The third-order valence-electron chi connectivity index (χ3n) is 6.96. The molecular formula is C29H33NO5. The van der Waals surface area contributed by atoms with Gasteiger partial charge in [-0.1, -0.05) is 91.0 Å². The van der Waals surface area contributed by atoms with E-state index < -0.39 is 23.3 Å². The van der Waals surface area contributed by atoms with Gasteiger partial charge in [0.05, 0.1) is 6.04 Å². The number of ether oxygens (including phenoxy) is 3. The lowest BCUT2D eigenvalue weighted by molar-refractivity contribution is -0.407. The maximum Gasteiger partial charge on any atom is 0.238 e. The molecular weight excluding hydrogens is 442 g/mol. The van der Waals surface area contributed by atoms with E-state index in [1.165, 1.54) is 0 Å². The molecule has 2 aliphatic rings. The summed E-state index contributed by atoms with van der Waals surface area (Å²) in [6, 6.07) is 30.1. The van der Waals surface area contributed by atoms with E-state index in [1.54, 1.807) is 12.1 Å². The molecule has 3 aromatic rings. The fourth-order valence-corrected chi connectivity index (χ4v) is 5.17. The van der Waals surface area contributed by atoms with Crippen molar-refractivity contribution in [3.63, 3.8) is 0 Å². The summed E-state index contributed by atoms with van der Waals surface area (Å²) < 4.78 is 19.2. The highest BCUT2D eigenvalue weighted by atomic mass is 16.8. The number of fused-ring (bicyclic) bond motifs is 1. The molecule has 2 fully saturated rings. The van der Waals surface area contributed by atoms with Gasteiger partial charge in [0.1, 0.15) is 24.4 Å². The second-order valence-electron chi connectivity index (χ2n) is 9.81. The molecule has 3 aromatic carbocycles. The maximum absolute atomic E-state index is 11.9. The summed E-state index contributed by atoms with van der Waals surface area (Å²) in [6.45, 7) is 5.54. The van der Waals surface area contributed by atoms with Crippen molar-refractivity contribution < 1.29 is 24.2 Å². The Balaban J connectivity index is 1.60. The zero-order valence-electron chi connectivity index (χ0n) is 20.6. The van der Waals surface area contributed by atoms with E-state index >= 15 is 0 Å². The van der Waals surface area contributed by atoms with E-state index in [0.29, 0.717) is 0 Å². The lowest BCUT2D eigenvalue weighted by Gasteiger charge is -2.47. The van der Waals surface area contributed by atoms with Crippen LogP contribution in [0.2, 0.25) is 0 Å². The molecule has 2 heterocycles. The average molecular weight is 476 g/mol. The third-order valence-corrected chi connectivity index (χ3v) is 6.96. The van der Waals surface area contributed by atoms with Gasteiger partial charge < -0.3 is 19.3 Å². The van der Waals surface area contributed by atoms with Crippen LogP contribution in [-0.4, -0.2) is 53.6 Å². The second-order valence-corrected chi connectivity index (χ2v) is 9.81. The first-order chi connectivity index (χ1) is 16.8. The molecule has 0 bridgehead atoms. The van der Waals surface area contributed by atoms with Crippen molar-refractivity contribution in [3.05, 3.63) is 108 Å². The van der Waals surface area contributed by atoms with Gasteiger partial charge in [0.25, 0.3) is 0 Å². The van der Waals surface area contributed by atoms with Gasteiger partial charge in [0.15, 0.2) is 5.79 Å². The van der Waals surface area contributed by atoms with Gasteiger partial charge >= 0.3 is 0 Å².